The number of fused-ring (bicyclic) bond motifs is 1. The van der Waals surface area contributed by atoms with Gasteiger partial charge in [0, 0.05) is 11.7 Å². The van der Waals surface area contributed by atoms with Crippen LogP contribution in [0.15, 0.2) is 42.5 Å². The normalized spacial score (nSPS) is 16.5. The number of methoxy groups -OCH3 is 1. The fraction of sp³-hybridized carbons (Fsp3) is 0.333. The molecule has 1 heterocycles. The molecule has 1 aliphatic rings. The summed E-state index contributed by atoms with van der Waals surface area (Å²) < 4.78 is 30.5. The molecule has 0 bridgehead atoms. The van der Waals surface area contributed by atoms with Gasteiger partial charge in [0.25, 0.3) is 0 Å². The third kappa shape index (κ3) is 5.11. The van der Waals surface area contributed by atoms with E-state index >= 15 is 0 Å². The Kier molecular flexibility index (Phi) is 6.32. The van der Waals surface area contributed by atoms with Gasteiger partial charge in [0.1, 0.15) is 5.75 Å². The predicted molar refractivity (Wildman–Crippen MR) is 103 cm³/mol. The van der Waals surface area contributed by atoms with Crippen molar-refractivity contribution in [2.75, 3.05) is 24.6 Å². The van der Waals surface area contributed by atoms with Crippen LogP contribution in [0.3, 0.4) is 0 Å². The summed E-state index contributed by atoms with van der Waals surface area (Å²) in [7, 11) is -1.59. The molecule has 2 N–H and O–H groups in total. The van der Waals surface area contributed by atoms with Crippen molar-refractivity contribution in [1.82, 2.24) is 5.32 Å². The summed E-state index contributed by atoms with van der Waals surface area (Å²) in [4.78, 5) is 0. The zero-order valence-electron chi connectivity index (χ0n) is 14.3. The maximum Gasteiger partial charge on any atom is 0.229 e. The van der Waals surface area contributed by atoms with Gasteiger partial charge in [-0.15, -0.1) is 12.4 Å². The lowest BCUT2D eigenvalue weighted by molar-refractivity contribution is 0.414. The lowest BCUT2D eigenvalue weighted by Crippen LogP contribution is -2.31. The van der Waals surface area contributed by atoms with Crippen molar-refractivity contribution in [1.29, 1.82) is 0 Å². The molecule has 1 atom stereocenters. The van der Waals surface area contributed by atoms with Crippen molar-refractivity contribution < 1.29 is 13.2 Å². The monoisotopic (exact) mass is 382 g/mol. The largest absolute Gasteiger partial charge is 0.497 e. The molecule has 25 heavy (non-hydrogen) atoms. The molecule has 5 nitrogen and oxygen atoms in total. The van der Waals surface area contributed by atoms with Crippen LogP contribution in [0.25, 0.3) is 0 Å². The topological polar surface area (TPSA) is 67.4 Å². The molecular weight excluding hydrogens is 360 g/mol. The van der Waals surface area contributed by atoms with Crippen molar-refractivity contribution in [2.24, 2.45) is 0 Å². The standard InChI is InChI=1S/C18H22N2O3S.ClH/c1-23-16-6-3-13(4-7-16)11-18-17-8-5-15(20-24(2,21)22)12-14(17)9-10-19-18;/h3-8,12,18-20H,9-11H2,1-2H3;1H. The van der Waals surface area contributed by atoms with Gasteiger partial charge in [0.05, 0.1) is 13.4 Å². The highest BCUT2D eigenvalue weighted by molar-refractivity contribution is 7.92. The van der Waals surface area contributed by atoms with Gasteiger partial charge in [-0.25, -0.2) is 8.42 Å². The molecule has 0 aliphatic carbocycles. The molecule has 3 rings (SSSR count). The van der Waals surface area contributed by atoms with E-state index in [9.17, 15) is 8.42 Å². The van der Waals surface area contributed by atoms with Crippen LogP contribution < -0.4 is 14.8 Å². The van der Waals surface area contributed by atoms with Gasteiger partial charge in [0.15, 0.2) is 0 Å². The first kappa shape index (κ1) is 19.6. The fourth-order valence-corrected chi connectivity index (χ4v) is 3.67. The Morgan fingerprint density at radius 2 is 1.92 bits per heavy atom. The van der Waals surface area contributed by atoms with Gasteiger partial charge < -0.3 is 10.1 Å². The maximum atomic E-state index is 11.4. The van der Waals surface area contributed by atoms with Crippen LogP contribution in [0.2, 0.25) is 0 Å². The summed E-state index contributed by atoms with van der Waals surface area (Å²) in [6.45, 7) is 0.885. The smallest absolute Gasteiger partial charge is 0.229 e. The van der Waals surface area contributed by atoms with Crippen molar-refractivity contribution in [3.63, 3.8) is 0 Å². The van der Waals surface area contributed by atoms with E-state index in [0.29, 0.717) is 5.69 Å². The van der Waals surface area contributed by atoms with E-state index in [4.69, 9.17) is 4.74 Å². The van der Waals surface area contributed by atoms with Gasteiger partial charge in [-0.3, -0.25) is 4.72 Å². The molecule has 7 heteroatoms. The van der Waals surface area contributed by atoms with Crippen LogP contribution in [0.1, 0.15) is 22.7 Å². The maximum absolute atomic E-state index is 11.4. The third-order valence-electron chi connectivity index (χ3n) is 4.21. The number of sulfonamides is 1. The number of nitrogens with one attached hydrogen (secondary N) is 2. The molecule has 0 fully saturated rings. The molecule has 1 unspecified atom stereocenters. The summed E-state index contributed by atoms with van der Waals surface area (Å²) in [6.07, 6.45) is 2.95. The van der Waals surface area contributed by atoms with Crippen LogP contribution >= 0.6 is 12.4 Å². The summed E-state index contributed by atoms with van der Waals surface area (Å²) in [6, 6.07) is 14.1. The molecule has 0 amide bonds. The minimum absolute atomic E-state index is 0. The highest BCUT2D eigenvalue weighted by Gasteiger charge is 2.20. The Morgan fingerprint density at radius 3 is 2.56 bits per heavy atom. The number of rotatable bonds is 5. The summed E-state index contributed by atoms with van der Waals surface area (Å²) in [5.41, 5.74) is 4.29. The molecule has 0 aromatic heterocycles. The second-order valence-corrected chi connectivity index (χ2v) is 7.85. The number of benzene rings is 2. The first-order valence-electron chi connectivity index (χ1n) is 7.91. The number of halogens is 1. The molecule has 0 spiro atoms. The predicted octanol–water partition coefficient (Wildman–Crippen LogP) is 2.92. The molecule has 136 valence electrons. The summed E-state index contributed by atoms with van der Waals surface area (Å²) >= 11 is 0. The van der Waals surface area contributed by atoms with Crippen molar-refractivity contribution in [3.05, 3.63) is 59.2 Å². The van der Waals surface area contributed by atoms with E-state index < -0.39 is 10.0 Å². The zero-order valence-corrected chi connectivity index (χ0v) is 15.9. The van der Waals surface area contributed by atoms with Crippen molar-refractivity contribution in [3.8, 4) is 5.75 Å². The van der Waals surface area contributed by atoms with Gasteiger partial charge >= 0.3 is 0 Å². The highest BCUT2D eigenvalue weighted by atomic mass is 35.5. The third-order valence-corrected chi connectivity index (χ3v) is 4.81. The van der Waals surface area contributed by atoms with E-state index in [1.165, 1.54) is 22.9 Å². The van der Waals surface area contributed by atoms with E-state index in [1.54, 1.807) is 7.11 Å². The molecule has 0 saturated carbocycles. The van der Waals surface area contributed by atoms with Gasteiger partial charge in [-0.1, -0.05) is 18.2 Å². The zero-order chi connectivity index (χ0) is 17.2. The Morgan fingerprint density at radius 1 is 1.20 bits per heavy atom. The average Bonchev–Trinajstić information content (AvgIpc) is 2.54. The first-order chi connectivity index (χ1) is 11.4. The second-order valence-electron chi connectivity index (χ2n) is 6.10. The molecule has 2 aromatic carbocycles. The number of ether oxygens (including phenoxy) is 1. The molecular formula is C18H23ClN2O3S. The number of hydrogen-bond donors (Lipinski definition) is 2. The Labute approximate surface area is 155 Å². The Hall–Kier alpha value is -1.76. The number of hydrogen-bond acceptors (Lipinski definition) is 4. The Bertz CT molecular complexity index is 823. The highest BCUT2D eigenvalue weighted by Crippen LogP contribution is 2.29. The number of anilines is 1. The minimum atomic E-state index is -3.25. The van der Waals surface area contributed by atoms with Crippen LogP contribution in [0.5, 0.6) is 5.75 Å². The van der Waals surface area contributed by atoms with E-state index in [0.717, 1.165) is 25.1 Å². The van der Waals surface area contributed by atoms with Crippen LogP contribution in [0, 0.1) is 0 Å². The van der Waals surface area contributed by atoms with Crippen molar-refractivity contribution >= 4 is 28.1 Å². The SMILES string of the molecule is COc1ccc(CC2NCCc3cc(NS(C)(=O)=O)ccc32)cc1.Cl. The second kappa shape index (κ2) is 8.08. The molecule has 0 radical (unpaired) electrons. The fourth-order valence-electron chi connectivity index (χ4n) is 3.11. The van der Waals surface area contributed by atoms with Gasteiger partial charge in [0.2, 0.25) is 10.0 Å². The summed E-state index contributed by atoms with van der Waals surface area (Å²) in [5.74, 6) is 0.854. The first-order valence-corrected chi connectivity index (χ1v) is 9.81. The van der Waals surface area contributed by atoms with E-state index in [1.807, 2.05) is 30.3 Å². The van der Waals surface area contributed by atoms with Crippen molar-refractivity contribution in [2.45, 2.75) is 18.9 Å². The van der Waals surface area contributed by atoms with Crippen LogP contribution in [-0.2, 0) is 22.9 Å². The van der Waals surface area contributed by atoms with Gasteiger partial charge in [-0.05, 0) is 60.3 Å². The van der Waals surface area contributed by atoms with E-state index in [2.05, 4.69) is 22.2 Å². The average molecular weight is 383 g/mol. The lowest BCUT2D eigenvalue weighted by Gasteiger charge is -2.27. The molecule has 0 saturated heterocycles. The summed E-state index contributed by atoms with van der Waals surface area (Å²) in [5, 5.41) is 3.55. The Balaban J connectivity index is 0.00000225. The van der Waals surface area contributed by atoms with Gasteiger partial charge in [-0.2, -0.15) is 0 Å². The molecule has 1 aliphatic heterocycles. The quantitative estimate of drug-likeness (QED) is 0.834. The molecule has 2 aromatic rings. The minimum Gasteiger partial charge on any atom is -0.497 e. The van der Waals surface area contributed by atoms with Crippen LogP contribution in [0.4, 0.5) is 5.69 Å². The van der Waals surface area contributed by atoms with Crippen LogP contribution in [-0.4, -0.2) is 28.3 Å². The van der Waals surface area contributed by atoms with E-state index in [-0.39, 0.29) is 18.4 Å². The lowest BCUT2D eigenvalue weighted by atomic mass is 9.90.